The summed E-state index contributed by atoms with van der Waals surface area (Å²) in [5.41, 5.74) is 0.309. The second-order valence-electron chi connectivity index (χ2n) is 6.18. The smallest absolute Gasteiger partial charge is 0.308 e. The van der Waals surface area contributed by atoms with Crippen LogP contribution in [0.5, 0.6) is 5.75 Å². The summed E-state index contributed by atoms with van der Waals surface area (Å²) in [7, 11) is -3.90. The Morgan fingerprint density at radius 1 is 1.19 bits per heavy atom. The first-order chi connectivity index (χ1) is 12.1. The first-order valence-electron chi connectivity index (χ1n) is 8.39. The molecule has 0 aromatic heterocycles. The van der Waals surface area contributed by atoms with Gasteiger partial charge in [-0.25, -0.2) is 8.42 Å². The molecular formula is C17H26N2O6S. The van der Waals surface area contributed by atoms with E-state index in [-0.39, 0.29) is 12.6 Å². The molecule has 3 N–H and O–H groups in total. The number of ether oxygens (including phenoxy) is 1. The average molecular weight is 386 g/mol. The van der Waals surface area contributed by atoms with Gasteiger partial charge in [0.2, 0.25) is 15.9 Å². The van der Waals surface area contributed by atoms with Crippen LogP contribution in [0.15, 0.2) is 24.3 Å². The third kappa shape index (κ3) is 8.19. The maximum absolute atomic E-state index is 12.1. The lowest BCUT2D eigenvalue weighted by Gasteiger charge is -2.13. The van der Waals surface area contributed by atoms with Crippen molar-refractivity contribution in [2.75, 3.05) is 17.0 Å². The number of carboxylic acid groups (broad SMARTS) is 1. The minimum Gasteiger partial charge on any atom is -0.491 e. The molecule has 0 fully saturated rings. The number of rotatable bonds is 11. The Hall–Kier alpha value is -2.29. The summed E-state index contributed by atoms with van der Waals surface area (Å²) in [5, 5.41) is 11.4. The van der Waals surface area contributed by atoms with Gasteiger partial charge in [0.15, 0.2) is 0 Å². The van der Waals surface area contributed by atoms with Gasteiger partial charge >= 0.3 is 5.97 Å². The zero-order valence-electron chi connectivity index (χ0n) is 15.2. The van der Waals surface area contributed by atoms with E-state index in [1.165, 1.54) is 12.1 Å². The quantitative estimate of drug-likeness (QED) is 0.533. The molecule has 0 aliphatic rings. The molecule has 0 saturated heterocycles. The van der Waals surface area contributed by atoms with Crippen LogP contribution in [0.4, 0.5) is 5.69 Å². The van der Waals surface area contributed by atoms with Crippen LogP contribution in [-0.2, 0) is 19.6 Å². The molecule has 0 aliphatic carbocycles. The standard InChI is InChI=1S/C17H26N2O6S/c1-4-5-13(17(21)22)10-18-16(20)11-26(23,24)19-14-6-8-15(9-7-14)25-12(2)3/h6-9,12-13,19H,4-5,10-11H2,1-3H3,(H,18,20)(H,21,22). The van der Waals surface area contributed by atoms with Gasteiger partial charge in [0.25, 0.3) is 0 Å². The fourth-order valence-corrected chi connectivity index (χ4v) is 3.23. The van der Waals surface area contributed by atoms with E-state index in [4.69, 9.17) is 9.84 Å². The summed E-state index contributed by atoms with van der Waals surface area (Å²) in [6, 6.07) is 6.32. The van der Waals surface area contributed by atoms with Gasteiger partial charge in [-0.05, 0) is 44.5 Å². The number of carboxylic acids is 1. The number of hydrogen-bond donors (Lipinski definition) is 3. The van der Waals surface area contributed by atoms with Crippen molar-refractivity contribution in [1.82, 2.24) is 5.32 Å². The first-order valence-corrected chi connectivity index (χ1v) is 10.0. The molecule has 1 aromatic rings. The Labute approximate surface area is 154 Å². The fraction of sp³-hybridized carbons (Fsp3) is 0.529. The van der Waals surface area contributed by atoms with Crippen LogP contribution < -0.4 is 14.8 Å². The van der Waals surface area contributed by atoms with Gasteiger partial charge in [0.05, 0.1) is 12.0 Å². The van der Waals surface area contributed by atoms with Crippen LogP contribution in [-0.4, -0.2) is 43.8 Å². The second-order valence-corrected chi connectivity index (χ2v) is 7.90. The molecule has 0 heterocycles. The predicted octanol–water partition coefficient (Wildman–Crippen LogP) is 1.83. The number of anilines is 1. The van der Waals surface area contributed by atoms with E-state index in [1.807, 2.05) is 20.8 Å². The SMILES string of the molecule is CCCC(CNC(=O)CS(=O)(=O)Nc1ccc(OC(C)C)cc1)C(=O)O. The largest absolute Gasteiger partial charge is 0.491 e. The van der Waals surface area contributed by atoms with Crippen molar-refractivity contribution in [2.24, 2.45) is 5.92 Å². The minimum absolute atomic E-state index is 0.00331. The summed E-state index contributed by atoms with van der Waals surface area (Å²) in [6.45, 7) is 5.50. The summed E-state index contributed by atoms with van der Waals surface area (Å²) in [5.74, 6) is -2.67. The first kappa shape index (κ1) is 21.8. The van der Waals surface area contributed by atoms with Gasteiger partial charge in [0.1, 0.15) is 11.5 Å². The molecule has 1 atom stereocenters. The van der Waals surface area contributed by atoms with E-state index < -0.39 is 33.6 Å². The lowest BCUT2D eigenvalue weighted by atomic mass is 10.0. The van der Waals surface area contributed by atoms with E-state index in [9.17, 15) is 18.0 Å². The van der Waals surface area contributed by atoms with E-state index in [0.717, 1.165) is 0 Å². The molecule has 0 aliphatic heterocycles. The van der Waals surface area contributed by atoms with E-state index >= 15 is 0 Å². The van der Waals surface area contributed by atoms with Crippen LogP contribution in [0, 0.1) is 5.92 Å². The number of amides is 1. The highest BCUT2D eigenvalue weighted by Gasteiger charge is 2.20. The van der Waals surface area contributed by atoms with Gasteiger partial charge in [-0.2, -0.15) is 0 Å². The van der Waals surface area contributed by atoms with Crippen molar-refractivity contribution in [3.8, 4) is 5.75 Å². The Morgan fingerprint density at radius 3 is 2.31 bits per heavy atom. The molecule has 26 heavy (non-hydrogen) atoms. The molecule has 9 heteroatoms. The second kappa shape index (κ2) is 10.0. The molecule has 0 radical (unpaired) electrons. The zero-order valence-corrected chi connectivity index (χ0v) is 16.0. The van der Waals surface area contributed by atoms with Crippen molar-refractivity contribution in [3.63, 3.8) is 0 Å². The molecule has 0 saturated carbocycles. The number of sulfonamides is 1. The summed E-state index contributed by atoms with van der Waals surface area (Å²) < 4.78 is 31.9. The highest BCUT2D eigenvalue weighted by molar-refractivity contribution is 7.93. The maximum atomic E-state index is 12.1. The lowest BCUT2D eigenvalue weighted by Crippen LogP contribution is -2.37. The summed E-state index contributed by atoms with van der Waals surface area (Å²) in [4.78, 5) is 22.8. The zero-order chi connectivity index (χ0) is 19.7. The summed E-state index contributed by atoms with van der Waals surface area (Å²) >= 11 is 0. The lowest BCUT2D eigenvalue weighted by molar-refractivity contribution is -0.141. The molecule has 1 aromatic carbocycles. The van der Waals surface area contributed by atoms with Gasteiger partial charge in [0, 0.05) is 12.2 Å². The number of nitrogens with one attached hydrogen (secondary N) is 2. The van der Waals surface area contributed by atoms with Gasteiger partial charge in [-0.15, -0.1) is 0 Å². The van der Waals surface area contributed by atoms with E-state index in [0.29, 0.717) is 24.3 Å². The predicted molar refractivity (Wildman–Crippen MR) is 98.7 cm³/mol. The van der Waals surface area contributed by atoms with Crippen molar-refractivity contribution in [1.29, 1.82) is 0 Å². The molecule has 1 amide bonds. The Morgan fingerprint density at radius 2 is 1.81 bits per heavy atom. The number of aliphatic carboxylic acids is 1. The van der Waals surface area contributed by atoms with E-state index in [1.54, 1.807) is 12.1 Å². The highest BCUT2D eigenvalue weighted by atomic mass is 32.2. The van der Waals surface area contributed by atoms with Gasteiger partial charge in [-0.3, -0.25) is 14.3 Å². The van der Waals surface area contributed by atoms with Crippen LogP contribution >= 0.6 is 0 Å². The number of hydrogen-bond acceptors (Lipinski definition) is 5. The molecule has 0 spiro atoms. The van der Waals surface area contributed by atoms with E-state index in [2.05, 4.69) is 10.0 Å². The van der Waals surface area contributed by atoms with Crippen molar-refractivity contribution >= 4 is 27.6 Å². The monoisotopic (exact) mass is 386 g/mol. The highest BCUT2D eigenvalue weighted by Crippen LogP contribution is 2.17. The Balaban J connectivity index is 2.57. The molecule has 146 valence electrons. The Kier molecular flexibility index (Phi) is 8.37. The fourth-order valence-electron chi connectivity index (χ4n) is 2.21. The third-order valence-corrected chi connectivity index (χ3v) is 4.54. The molecule has 1 rings (SSSR count). The minimum atomic E-state index is -3.90. The third-order valence-electron chi connectivity index (χ3n) is 3.35. The van der Waals surface area contributed by atoms with Crippen LogP contribution in [0.2, 0.25) is 0 Å². The van der Waals surface area contributed by atoms with Gasteiger partial charge in [-0.1, -0.05) is 13.3 Å². The van der Waals surface area contributed by atoms with Crippen molar-refractivity contribution in [3.05, 3.63) is 24.3 Å². The molecular weight excluding hydrogens is 360 g/mol. The van der Waals surface area contributed by atoms with Crippen molar-refractivity contribution < 1.29 is 27.9 Å². The molecule has 1 unspecified atom stereocenters. The number of carbonyl (C=O) groups excluding carboxylic acids is 1. The molecule has 8 nitrogen and oxygen atoms in total. The maximum Gasteiger partial charge on any atom is 0.308 e. The normalized spacial score (nSPS) is 12.5. The Bertz CT molecular complexity index is 700. The topological polar surface area (TPSA) is 122 Å². The van der Waals surface area contributed by atoms with Crippen molar-refractivity contribution in [2.45, 2.75) is 39.7 Å². The molecule has 0 bridgehead atoms. The van der Waals surface area contributed by atoms with Crippen LogP contribution in [0.1, 0.15) is 33.6 Å². The van der Waals surface area contributed by atoms with Gasteiger partial charge < -0.3 is 15.2 Å². The number of carbonyl (C=O) groups is 2. The summed E-state index contributed by atoms with van der Waals surface area (Å²) in [6.07, 6.45) is 1.07. The average Bonchev–Trinajstić information content (AvgIpc) is 2.51. The number of benzene rings is 1. The van der Waals surface area contributed by atoms with Crippen LogP contribution in [0.3, 0.4) is 0 Å². The van der Waals surface area contributed by atoms with Crippen LogP contribution in [0.25, 0.3) is 0 Å².